The van der Waals surface area contributed by atoms with E-state index in [1.165, 1.54) is 0 Å². The van der Waals surface area contributed by atoms with Crippen LogP contribution in [0.4, 0.5) is 0 Å². The first kappa shape index (κ1) is 21.2. The van der Waals surface area contributed by atoms with Crippen molar-refractivity contribution in [2.45, 2.75) is 79.8 Å². The number of hydrogen-bond acceptors (Lipinski definition) is 7. The lowest BCUT2D eigenvalue weighted by atomic mass is 10.5. The van der Waals surface area contributed by atoms with Gasteiger partial charge in [0.15, 0.2) is 0 Å². The molecule has 0 aliphatic heterocycles. The molecule has 9 heteroatoms. The summed E-state index contributed by atoms with van der Waals surface area (Å²) < 4.78 is 26.9. The molecule has 0 rings (SSSR count). The topological polar surface area (TPSA) is 86.6 Å². The van der Waals surface area contributed by atoms with Crippen LogP contribution in [0.1, 0.15) is 55.4 Å². The first-order valence-electron chi connectivity index (χ1n) is 7.23. The third-order valence-corrected chi connectivity index (χ3v) is 6.94. The minimum absolute atomic E-state index is 0.336. The summed E-state index contributed by atoms with van der Waals surface area (Å²) in [5.74, 6) is 0. The zero-order valence-electron chi connectivity index (χ0n) is 14.2. The Bertz CT molecular complexity index is 249. The monoisotopic (exact) mass is 342 g/mol. The zero-order chi connectivity index (χ0) is 16.8. The fraction of sp³-hybridized carbons (Fsp3) is 1.00. The Balaban J connectivity index is 5.18. The van der Waals surface area contributed by atoms with E-state index in [0.717, 1.165) is 0 Å². The fourth-order valence-corrected chi connectivity index (χ4v) is 6.07. The van der Waals surface area contributed by atoms with Crippen LogP contribution in [0.5, 0.6) is 0 Å². The van der Waals surface area contributed by atoms with Gasteiger partial charge >= 0.3 is 18.1 Å². The Morgan fingerprint density at radius 2 is 0.714 bits per heavy atom. The molecule has 0 saturated heterocycles. The van der Waals surface area contributed by atoms with Gasteiger partial charge in [0.1, 0.15) is 0 Å². The molecule has 0 aromatic heterocycles. The Kier molecular flexibility index (Phi) is 8.76. The van der Waals surface area contributed by atoms with Crippen molar-refractivity contribution in [2.24, 2.45) is 0 Å². The van der Waals surface area contributed by atoms with E-state index in [4.69, 9.17) is 21.8 Å². The van der Waals surface area contributed by atoms with Crippen LogP contribution in [0, 0.1) is 0 Å². The van der Waals surface area contributed by atoms with Crippen LogP contribution in [0.15, 0.2) is 0 Å². The van der Waals surface area contributed by atoms with Gasteiger partial charge in [0.25, 0.3) is 0 Å². The molecule has 2 N–H and O–H groups in total. The van der Waals surface area contributed by atoms with Crippen molar-refractivity contribution < 1.29 is 31.4 Å². The molecule has 0 spiro atoms. The second-order valence-electron chi connectivity index (χ2n) is 5.82. The van der Waals surface area contributed by atoms with Crippen LogP contribution in [-0.4, -0.2) is 52.1 Å². The molecule has 0 saturated carbocycles. The molecule has 0 atom stereocenters. The highest BCUT2D eigenvalue weighted by atomic mass is 28.5. The second-order valence-corrected chi connectivity index (χ2v) is 9.67. The van der Waals surface area contributed by atoms with E-state index >= 15 is 0 Å². The maximum absolute atomic E-state index is 10.5. The smallest absolute Gasteiger partial charge is 0.368 e. The first-order chi connectivity index (χ1) is 9.37. The van der Waals surface area contributed by atoms with Crippen molar-refractivity contribution in [2.75, 3.05) is 0 Å². The van der Waals surface area contributed by atoms with E-state index in [1.807, 2.05) is 0 Å². The van der Waals surface area contributed by atoms with E-state index < -0.39 is 18.1 Å². The molecule has 0 aromatic carbocycles. The summed E-state index contributed by atoms with van der Waals surface area (Å²) >= 11 is 0. The second kappa shape index (κ2) is 8.70. The molecule has 128 valence electrons. The minimum Gasteiger partial charge on any atom is -0.368 e. The molecule has 0 heterocycles. The van der Waals surface area contributed by atoms with Crippen molar-refractivity contribution in [3.8, 4) is 0 Å². The van der Waals surface area contributed by atoms with Crippen LogP contribution in [0.3, 0.4) is 0 Å². The SMILES string of the molecule is CC(C)O[Si](O)(OC(C)C)O[Si](O)(OC(C)C)OC(C)C. The molecule has 0 aliphatic rings. The van der Waals surface area contributed by atoms with E-state index in [0.29, 0.717) is 0 Å². The Labute approximate surface area is 130 Å². The molecule has 0 unspecified atom stereocenters. The van der Waals surface area contributed by atoms with E-state index in [9.17, 15) is 9.59 Å². The molecule has 0 aliphatic carbocycles. The normalized spacial score (nSPS) is 14.0. The average molecular weight is 343 g/mol. The Morgan fingerprint density at radius 3 is 0.857 bits per heavy atom. The first-order valence-corrected chi connectivity index (χ1v) is 10.6. The van der Waals surface area contributed by atoms with E-state index in [-0.39, 0.29) is 24.4 Å². The third kappa shape index (κ3) is 9.71. The van der Waals surface area contributed by atoms with Crippen LogP contribution < -0.4 is 0 Å². The van der Waals surface area contributed by atoms with Crippen LogP contribution in [-0.2, 0) is 21.8 Å². The van der Waals surface area contributed by atoms with Gasteiger partial charge in [0.05, 0.1) is 0 Å². The molecule has 0 bridgehead atoms. The fourth-order valence-electron chi connectivity index (χ4n) is 1.51. The highest BCUT2D eigenvalue weighted by molar-refractivity contribution is 6.67. The lowest BCUT2D eigenvalue weighted by molar-refractivity contribution is -0.0719. The predicted octanol–water partition coefficient (Wildman–Crippen LogP) is 1.56. The van der Waals surface area contributed by atoms with Crippen molar-refractivity contribution in [1.29, 1.82) is 0 Å². The molecule has 21 heavy (non-hydrogen) atoms. The molecule has 0 amide bonds. The lowest BCUT2D eigenvalue weighted by Crippen LogP contribution is -2.62. The largest absolute Gasteiger partial charge is 0.671 e. The summed E-state index contributed by atoms with van der Waals surface area (Å²) in [7, 11) is -8.17. The van der Waals surface area contributed by atoms with Gasteiger partial charge < -0.3 is 31.4 Å². The van der Waals surface area contributed by atoms with Crippen LogP contribution >= 0.6 is 0 Å². The Hall–Kier alpha value is 0.154. The van der Waals surface area contributed by atoms with Crippen LogP contribution in [0.25, 0.3) is 0 Å². The van der Waals surface area contributed by atoms with E-state index in [1.54, 1.807) is 55.4 Å². The summed E-state index contributed by atoms with van der Waals surface area (Å²) in [5.41, 5.74) is 0. The summed E-state index contributed by atoms with van der Waals surface area (Å²) in [6.45, 7) is 13.9. The van der Waals surface area contributed by atoms with E-state index in [2.05, 4.69) is 0 Å². The van der Waals surface area contributed by atoms with Gasteiger partial charge in [-0.3, -0.25) is 0 Å². The minimum atomic E-state index is -4.08. The molecular weight excluding hydrogens is 312 g/mol. The van der Waals surface area contributed by atoms with Crippen molar-refractivity contribution >= 4 is 18.1 Å². The standard InChI is InChI=1S/C12H30O7Si2/c1-9(2)15-20(13,16-10(3)4)19-21(14,17-11(5)6)18-12(7)8/h9-14H,1-8H3. The van der Waals surface area contributed by atoms with Crippen molar-refractivity contribution in [3.05, 3.63) is 0 Å². The van der Waals surface area contributed by atoms with Gasteiger partial charge in [-0.1, -0.05) is 0 Å². The highest BCUT2D eigenvalue weighted by Crippen LogP contribution is 2.20. The predicted molar refractivity (Wildman–Crippen MR) is 81.9 cm³/mol. The molecule has 0 radical (unpaired) electrons. The number of hydrogen-bond donors (Lipinski definition) is 2. The summed E-state index contributed by atoms with van der Waals surface area (Å²) in [6.07, 6.45) is -1.35. The van der Waals surface area contributed by atoms with Crippen molar-refractivity contribution in [3.63, 3.8) is 0 Å². The summed E-state index contributed by atoms with van der Waals surface area (Å²) in [5, 5.41) is 0. The Morgan fingerprint density at radius 1 is 0.524 bits per heavy atom. The van der Waals surface area contributed by atoms with Crippen LogP contribution in [0.2, 0.25) is 0 Å². The van der Waals surface area contributed by atoms with Gasteiger partial charge in [-0.2, -0.15) is 0 Å². The molecule has 0 fully saturated rings. The highest BCUT2D eigenvalue weighted by Gasteiger charge is 2.57. The third-order valence-electron chi connectivity index (χ3n) is 1.80. The van der Waals surface area contributed by atoms with Gasteiger partial charge in [0.2, 0.25) is 0 Å². The molecule has 0 aromatic rings. The maximum Gasteiger partial charge on any atom is 0.671 e. The molecule has 7 nitrogen and oxygen atoms in total. The summed E-state index contributed by atoms with van der Waals surface area (Å²) in [6, 6.07) is 0. The lowest BCUT2D eigenvalue weighted by Gasteiger charge is -2.34. The van der Waals surface area contributed by atoms with Gasteiger partial charge in [-0.05, 0) is 55.4 Å². The zero-order valence-corrected chi connectivity index (χ0v) is 16.2. The maximum atomic E-state index is 10.5. The quantitative estimate of drug-likeness (QED) is 0.583. The summed E-state index contributed by atoms with van der Waals surface area (Å²) in [4.78, 5) is 21.0. The molecular formula is C12H30O7Si2. The van der Waals surface area contributed by atoms with Gasteiger partial charge in [-0.25, -0.2) is 0 Å². The van der Waals surface area contributed by atoms with Gasteiger partial charge in [0, 0.05) is 24.4 Å². The number of rotatable bonds is 10. The van der Waals surface area contributed by atoms with Gasteiger partial charge in [-0.15, -0.1) is 0 Å². The van der Waals surface area contributed by atoms with Crippen molar-refractivity contribution in [1.82, 2.24) is 0 Å². The average Bonchev–Trinajstić information content (AvgIpc) is 2.07.